The van der Waals surface area contributed by atoms with Crippen LogP contribution in [0.15, 0.2) is 36.4 Å². The topological polar surface area (TPSA) is 71.9 Å². The Balaban J connectivity index is 1.71. The minimum Gasteiger partial charge on any atom is -0.507 e. The summed E-state index contributed by atoms with van der Waals surface area (Å²) in [5.74, 6) is 0.715. The molecule has 3 heterocycles. The highest BCUT2D eigenvalue weighted by Gasteiger charge is 2.33. The van der Waals surface area contributed by atoms with E-state index < -0.39 is 0 Å². The van der Waals surface area contributed by atoms with Crippen LogP contribution in [0.2, 0.25) is 0 Å². The van der Waals surface area contributed by atoms with Crippen LogP contribution in [0.5, 0.6) is 11.5 Å². The number of carbonyl (C=O) groups excluding carboxylic acids is 1. The highest BCUT2D eigenvalue weighted by atomic mass is 16.5. The average molecular weight is 352 g/mol. The number of phenols is 1. The Kier molecular flexibility index (Phi) is 4.44. The summed E-state index contributed by atoms with van der Waals surface area (Å²) in [6.45, 7) is 5.24. The number of Topliss-reactive ketones (excluding diaryl/α,β-unsaturated/α-hetero) is 1. The number of allylic oxidation sites excluding steroid dienone is 1. The third-order valence-corrected chi connectivity index (χ3v) is 4.69. The fourth-order valence-corrected chi connectivity index (χ4v) is 3.33. The lowest BCUT2D eigenvalue weighted by Gasteiger charge is -2.27. The lowest BCUT2D eigenvalue weighted by Crippen LogP contribution is -2.35. The van der Waals surface area contributed by atoms with Gasteiger partial charge in [-0.2, -0.15) is 0 Å². The van der Waals surface area contributed by atoms with E-state index in [4.69, 9.17) is 9.47 Å². The summed E-state index contributed by atoms with van der Waals surface area (Å²) in [4.78, 5) is 19.1. The Morgan fingerprint density at radius 3 is 2.88 bits per heavy atom. The van der Waals surface area contributed by atoms with E-state index in [9.17, 15) is 9.90 Å². The second kappa shape index (κ2) is 6.90. The van der Waals surface area contributed by atoms with Crippen molar-refractivity contribution in [2.45, 2.75) is 13.5 Å². The van der Waals surface area contributed by atoms with E-state index in [0.717, 1.165) is 18.7 Å². The van der Waals surface area contributed by atoms with Gasteiger partial charge in [0.15, 0.2) is 5.76 Å². The minimum atomic E-state index is -0.162. The van der Waals surface area contributed by atoms with Crippen molar-refractivity contribution in [2.24, 2.45) is 0 Å². The summed E-state index contributed by atoms with van der Waals surface area (Å²) in [5.41, 5.74) is 2.68. The lowest BCUT2D eigenvalue weighted by atomic mass is 9.99. The van der Waals surface area contributed by atoms with Crippen molar-refractivity contribution in [1.29, 1.82) is 0 Å². The summed E-state index contributed by atoms with van der Waals surface area (Å²) in [6, 6.07) is 5.31. The molecule has 0 radical (unpaired) electrons. The Hall–Kier alpha value is -2.70. The molecule has 2 aliphatic rings. The van der Waals surface area contributed by atoms with E-state index in [0.29, 0.717) is 42.2 Å². The highest BCUT2D eigenvalue weighted by Crippen LogP contribution is 2.42. The van der Waals surface area contributed by atoms with Crippen molar-refractivity contribution in [1.82, 2.24) is 9.88 Å². The first kappa shape index (κ1) is 16.8. The number of ketones is 1. The van der Waals surface area contributed by atoms with Crippen LogP contribution in [0.4, 0.5) is 0 Å². The molecule has 6 heteroatoms. The van der Waals surface area contributed by atoms with E-state index >= 15 is 0 Å². The molecule has 0 saturated carbocycles. The van der Waals surface area contributed by atoms with Gasteiger partial charge in [0, 0.05) is 32.0 Å². The number of morpholine rings is 1. The van der Waals surface area contributed by atoms with Gasteiger partial charge < -0.3 is 14.6 Å². The number of benzene rings is 1. The smallest absolute Gasteiger partial charge is 0.232 e. The van der Waals surface area contributed by atoms with E-state index in [1.54, 1.807) is 30.6 Å². The quantitative estimate of drug-likeness (QED) is 0.856. The first-order chi connectivity index (χ1) is 12.6. The van der Waals surface area contributed by atoms with Gasteiger partial charge in [-0.15, -0.1) is 0 Å². The van der Waals surface area contributed by atoms with Crippen molar-refractivity contribution in [2.75, 3.05) is 26.3 Å². The number of hydrogen-bond donors (Lipinski definition) is 1. The van der Waals surface area contributed by atoms with E-state index in [1.807, 2.05) is 13.0 Å². The number of phenolic OH excluding ortho intramolecular Hbond substituents is 1. The first-order valence-electron chi connectivity index (χ1n) is 8.63. The fraction of sp³-hybridized carbons (Fsp3) is 0.300. The summed E-state index contributed by atoms with van der Waals surface area (Å²) in [5, 5.41) is 10.5. The molecule has 0 amide bonds. The molecule has 0 aliphatic carbocycles. The maximum atomic E-state index is 12.8. The zero-order valence-corrected chi connectivity index (χ0v) is 14.6. The molecule has 0 atom stereocenters. The van der Waals surface area contributed by atoms with Crippen molar-refractivity contribution in [3.8, 4) is 11.5 Å². The van der Waals surface area contributed by atoms with E-state index in [1.165, 1.54) is 0 Å². The van der Waals surface area contributed by atoms with Crippen LogP contribution in [0.25, 0.3) is 6.08 Å². The molecule has 0 unspecified atom stereocenters. The number of fused-ring (bicyclic) bond motifs is 1. The number of nitrogens with zero attached hydrogens (tertiary/aromatic N) is 2. The van der Waals surface area contributed by atoms with Crippen LogP contribution in [0.3, 0.4) is 0 Å². The molecule has 26 heavy (non-hydrogen) atoms. The SMILES string of the molecule is Cc1cc(O)c(CN2CCOCC2)c2c1C(=O)/C(=C/c1cccnc1)O2. The Morgan fingerprint density at radius 1 is 1.35 bits per heavy atom. The normalized spacial score (nSPS) is 18.8. The zero-order chi connectivity index (χ0) is 18.1. The molecule has 6 nitrogen and oxygen atoms in total. The van der Waals surface area contributed by atoms with Gasteiger partial charge in [0.1, 0.15) is 11.5 Å². The van der Waals surface area contributed by atoms with Gasteiger partial charge in [-0.3, -0.25) is 14.7 Å². The summed E-state index contributed by atoms with van der Waals surface area (Å²) in [6.07, 6.45) is 5.03. The number of rotatable bonds is 3. The molecule has 0 spiro atoms. The maximum absolute atomic E-state index is 12.8. The van der Waals surface area contributed by atoms with Gasteiger partial charge in [-0.1, -0.05) is 6.07 Å². The maximum Gasteiger partial charge on any atom is 0.232 e. The monoisotopic (exact) mass is 352 g/mol. The first-order valence-corrected chi connectivity index (χ1v) is 8.63. The van der Waals surface area contributed by atoms with Crippen LogP contribution < -0.4 is 4.74 Å². The van der Waals surface area contributed by atoms with Crippen molar-refractivity contribution >= 4 is 11.9 Å². The van der Waals surface area contributed by atoms with E-state index in [-0.39, 0.29) is 17.3 Å². The number of aryl methyl sites for hydroxylation is 1. The third kappa shape index (κ3) is 3.09. The predicted octanol–water partition coefficient (Wildman–Crippen LogP) is 2.54. The Morgan fingerprint density at radius 2 is 2.15 bits per heavy atom. The molecule has 134 valence electrons. The van der Waals surface area contributed by atoms with E-state index in [2.05, 4.69) is 9.88 Å². The molecular weight excluding hydrogens is 332 g/mol. The Labute approximate surface area is 151 Å². The summed E-state index contributed by atoms with van der Waals surface area (Å²) >= 11 is 0. The molecule has 1 aromatic heterocycles. The number of aromatic nitrogens is 1. The lowest BCUT2D eigenvalue weighted by molar-refractivity contribution is 0.0336. The molecule has 0 bridgehead atoms. The third-order valence-electron chi connectivity index (χ3n) is 4.69. The Bertz CT molecular complexity index is 871. The van der Waals surface area contributed by atoms with Crippen LogP contribution >= 0.6 is 0 Å². The summed E-state index contributed by atoms with van der Waals surface area (Å²) < 4.78 is 11.3. The molecule has 2 aliphatic heterocycles. The number of aromatic hydroxyl groups is 1. The number of ether oxygens (including phenoxy) is 2. The van der Waals surface area contributed by atoms with Gasteiger partial charge in [-0.25, -0.2) is 0 Å². The molecule has 1 saturated heterocycles. The van der Waals surface area contributed by atoms with Crippen LogP contribution in [-0.4, -0.2) is 47.1 Å². The molecule has 1 fully saturated rings. The summed E-state index contributed by atoms with van der Waals surface area (Å²) in [7, 11) is 0. The molecular formula is C20H20N2O4. The van der Waals surface area contributed by atoms with Crippen LogP contribution in [-0.2, 0) is 11.3 Å². The minimum absolute atomic E-state index is 0.156. The van der Waals surface area contributed by atoms with Gasteiger partial charge in [0.05, 0.1) is 24.3 Å². The van der Waals surface area contributed by atoms with Gasteiger partial charge in [0.25, 0.3) is 0 Å². The van der Waals surface area contributed by atoms with Gasteiger partial charge in [-0.05, 0) is 36.3 Å². The molecule has 1 aromatic carbocycles. The van der Waals surface area contributed by atoms with Crippen molar-refractivity contribution in [3.05, 3.63) is 58.6 Å². The highest BCUT2D eigenvalue weighted by molar-refractivity contribution is 6.15. The zero-order valence-electron chi connectivity index (χ0n) is 14.6. The molecule has 4 rings (SSSR count). The van der Waals surface area contributed by atoms with Crippen LogP contribution in [0.1, 0.15) is 27.0 Å². The fourth-order valence-electron chi connectivity index (χ4n) is 3.33. The average Bonchev–Trinajstić information content (AvgIpc) is 2.97. The van der Waals surface area contributed by atoms with Crippen LogP contribution in [0, 0.1) is 6.92 Å². The molecule has 1 N–H and O–H groups in total. The predicted molar refractivity (Wildman–Crippen MR) is 96.1 cm³/mol. The van der Waals surface area contributed by atoms with Gasteiger partial charge in [0.2, 0.25) is 5.78 Å². The number of carbonyl (C=O) groups is 1. The molecule has 2 aromatic rings. The standard InChI is InChI=1S/C20H20N2O4/c1-13-9-16(23)15(12-22-5-7-25-8-6-22)20-18(13)19(24)17(26-20)10-14-3-2-4-21-11-14/h2-4,9-11,23H,5-8,12H2,1H3/b17-10-. The second-order valence-electron chi connectivity index (χ2n) is 6.51. The van der Waals surface area contributed by atoms with Crippen molar-refractivity contribution < 1.29 is 19.4 Å². The van der Waals surface area contributed by atoms with Gasteiger partial charge >= 0.3 is 0 Å². The van der Waals surface area contributed by atoms with Crippen molar-refractivity contribution in [3.63, 3.8) is 0 Å². The largest absolute Gasteiger partial charge is 0.507 e. The second-order valence-corrected chi connectivity index (χ2v) is 6.51. The number of pyridine rings is 1. The number of hydrogen-bond acceptors (Lipinski definition) is 6.